The summed E-state index contributed by atoms with van der Waals surface area (Å²) >= 11 is 7.33. The van der Waals surface area contributed by atoms with E-state index in [0.29, 0.717) is 17.7 Å². The average Bonchev–Trinajstić information content (AvgIpc) is 2.76. The van der Waals surface area contributed by atoms with E-state index in [-0.39, 0.29) is 12.0 Å². The number of nitrogens with one attached hydrogen (secondary N) is 1. The lowest BCUT2D eigenvalue weighted by Gasteiger charge is -2.19. The lowest BCUT2D eigenvalue weighted by Crippen LogP contribution is -2.17. The zero-order chi connectivity index (χ0) is 16.3. The van der Waals surface area contributed by atoms with Crippen molar-refractivity contribution >= 4 is 34.3 Å². The molecule has 0 saturated heterocycles. The number of aromatic nitrogens is 3. The molecule has 22 heavy (non-hydrogen) atoms. The average molecular weight is 333 g/mol. The maximum Gasteiger partial charge on any atom is 0.228 e. The Morgan fingerprint density at radius 3 is 2.59 bits per heavy atom. The summed E-state index contributed by atoms with van der Waals surface area (Å²) in [6.07, 6.45) is 1.08. The molecule has 2 atom stereocenters. The summed E-state index contributed by atoms with van der Waals surface area (Å²) in [4.78, 5) is 12.5. The van der Waals surface area contributed by atoms with Gasteiger partial charge in [-0.25, -0.2) is 0 Å². The third-order valence-electron chi connectivity index (χ3n) is 3.80. The SMILES string of the molecule is Cc1ccc2c(c1)[C@H](Nc1nc(C)nc(N)n1)[C@@H](C)C2.S=S. The topological polar surface area (TPSA) is 76.7 Å². The van der Waals surface area contributed by atoms with Crippen molar-refractivity contribution in [3.63, 3.8) is 0 Å². The number of anilines is 2. The van der Waals surface area contributed by atoms with Gasteiger partial charge in [-0.3, -0.25) is 0 Å². The van der Waals surface area contributed by atoms with Crippen LogP contribution < -0.4 is 11.1 Å². The summed E-state index contributed by atoms with van der Waals surface area (Å²) in [6.45, 7) is 6.18. The highest BCUT2D eigenvalue weighted by molar-refractivity contribution is 8.07. The molecule has 1 heterocycles. The highest BCUT2D eigenvalue weighted by Gasteiger charge is 2.29. The molecule has 0 radical (unpaired) electrons. The van der Waals surface area contributed by atoms with Gasteiger partial charge in [-0.2, -0.15) is 15.0 Å². The standard InChI is InChI=1S/C15H19N5.S2/c1-8-4-5-11-7-9(2)13(12(11)6-8)19-15-18-10(3)17-14(16)20-15;1-2/h4-6,9,13H,7H2,1-3H3,(H3,16,17,18,19,20);/t9-,13+;/m0./s1. The minimum atomic E-state index is 0.228. The van der Waals surface area contributed by atoms with Crippen LogP contribution in [-0.2, 0) is 28.8 Å². The molecule has 3 rings (SSSR count). The number of aryl methyl sites for hydroxylation is 2. The molecule has 1 aromatic carbocycles. The predicted molar refractivity (Wildman–Crippen MR) is 94.1 cm³/mol. The predicted octanol–water partition coefficient (Wildman–Crippen LogP) is 2.41. The Morgan fingerprint density at radius 2 is 1.91 bits per heavy atom. The van der Waals surface area contributed by atoms with E-state index in [1.165, 1.54) is 16.7 Å². The van der Waals surface area contributed by atoms with Gasteiger partial charge in [0.15, 0.2) is 0 Å². The summed E-state index contributed by atoms with van der Waals surface area (Å²) in [5.74, 6) is 1.96. The number of nitrogens with zero attached hydrogens (tertiary/aromatic N) is 3. The van der Waals surface area contributed by atoms with E-state index in [9.17, 15) is 0 Å². The first-order chi connectivity index (χ1) is 10.5. The number of hydrogen-bond donors (Lipinski definition) is 2. The number of hydrogen-bond acceptors (Lipinski definition) is 7. The van der Waals surface area contributed by atoms with Gasteiger partial charge in [0.2, 0.25) is 11.9 Å². The Bertz CT molecular complexity index is 657. The lowest BCUT2D eigenvalue weighted by molar-refractivity contribution is 0.538. The third-order valence-corrected chi connectivity index (χ3v) is 3.80. The van der Waals surface area contributed by atoms with Crippen LogP contribution in [0.2, 0.25) is 0 Å². The second-order valence-electron chi connectivity index (χ2n) is 5.57. The Kier molecular flexibility index (Phi) is 5.31. The van der Waals surface area contributed by atoms with E-state index in [4.69, 9.17) is 5.73 Å². The van der Waals surface area contributed by atoms with Crippen molar-refractivity contribution in [1.82, 2.24) is 15.0 Å². The molecule has 3 N–H and O–H groups in total. The molecule has 5 nitrogen and oxygen atoms in total. The fourth-order valence-electron chi connectivity index (χ4n) is 2.89. The van der Waals surface area contributed by atoms with Gasteiger partial charge in [-0.05, 0) is 37.3 Å². The van der Waals surface area contributed by atoms with Crippen molar-refractivity contribution in [2.24, 2.45) is 5.92 Å². The van der Waals surface area contributed by atoms with Gasteiger partial charge < -0.3 is 11.1 Å². The van der Waals surface area contributed by atoms with Crippen molar-refractivity contribution in [2.45, 2.75) is 33.2 Å². The van der Waals surface area contributed by atoms with Crippen LogP contribution in [0.15, 0.2) is 18.2 Å². The van der Waals surface area contributed by atoms with Crippen LogP contribution in [0, 0.1) is 19.8 Å². The smallest absolute Gasteiger partial charge is 0.228 e. The largest absolute Gasteiger partial charge is 0.368 e. The van der Waals surface area contributed by atoms with Crippen LogP contribution in [0.4, 0.5) is 11.9 Å². The number of benzene rings is 1. The highest BCUT2D eigenvalue weighted by atomic mass is 32.8. The first-order valence-corrected chi connectivity index (χ1v) is 8.37. The third kappa shape index (κ3) is 3.53. The molecule has 0 unspecified atom stereocenters. The lowest BCUT2D eigenvalue weighted by atomic mass is 10.0. The van der Waals surface area contributed by atoms with Crippen molar-refractivity contribution < 1.29 is 0 Å². The van der Waals surface area contributed by atoms with Gasteiger partial charge in [0.25, 0.3) is 0 Å². The Balaban J connectivity index is 0.000000847. The van der Waals surface area contributed by atoms with E-state index < -0.39 is 0 Å². The van der Waals surface area contributed by atoms with Gasteiger partial charge in [0.05, 0.1) is 6.04 Å². The molecule has 1 aliphatic carbocycles. The first-order valence-electron chi connectivity index (χ1n) is 7.03. The summed E-state index contributed by atoms with van der Waals surface area (Å²) in [5.41, 5.74) is 9.70. The van der Waals surface area contributed by atoms with Crippen molar-refractivity contribution in [3.05, 3.63) is 40.7 Å². The zero-order valence-corrected chi connectivity index (χ0v) is 14.5. The number of rotatable bonds is 2. The zero-order valence-electron chi connectivity index (χ0n) is 12.8. The van der Waals surface area contributed by atoms with Crippen LogP contribution in [0.3, 0.4) is 0 Å². The van der Waals surface area contributed by atoms with E-state index in [1.807, 2.05) is 6.92 Å². The van der Waals surface area contributed by atoms with Crippen molar-refractivity contribution in [2.75, 3.05) is 11.1 Å². The molecule has 2 aromatic rings. The molecule has 0 saturated carbocycles. The number of fused-ring (bicyclic) bond motifs is 1. The van der Waals surface area contributed by atoms with Crippen LogP contribution in [0.5, 0.6) is 0 Å². The maximum atomic E-state index is 5.68. The molecule has 0 fully saturated rings. The molecule has 0 amide bonds. The van der Waals surface area contributed by atoms with Gasteiger partial charge in [-0.1, -0.05) is 30.7 Å². The minimum Gasteiger partial charge on any atom is -0.368 e. The summed E-state index contributed by atoms with van der Waals surface area (Å²) in [6, 6.07) is 6.86. The molecular formula is C15H19N5S2. The van der Waals surface area contributed by atoms with Crippen molar-refractivity contribution in [1.29, 1.82) is 0 Å². The van der Waals surface area contributed by atoms with E-state index >= 15 is 0 Å². The number of nitrogen functional groups attached to an aromatic ring is 1. The fraction of sp³-hybridized carbons (Fsp3) is 0.400. The van der Waals surface area contributed by atoms with Crippen LogP contribution in [0.25, 0.3) is 0 Å². The normalized spacial score (nSPS) is 19.0. The second kappa shape index (κ2) is 7.02. The van der Waals surface area contributed by atoms with E-state index in [2.05, 4.69) is 74.7 Å². The molecule has 1 aromatic heterocycles. The Hall–Kier alpha value is -1.73. The van der Waals surface area contributed by atoms with Gasteiger partial charge in [-0.15, -0.1) is 0 Å². The van der Waals surface area contributed by atoms with Crippen LogP contribution in [0.1, 0.15) is 35.5 Å². The number of nitrogens with two attached hydrogens (primary N) is 1. The molecule has 116 valence electrons. The first kappa shape index (κ1) is 16.6. The Labute approximate surface area is 140 Å². The fourth-order valence-corrected chi connectivity index (χ4v) is 2.89. The van der Waals surface area contributed by atoms with Gasteiger partial charge >= 0.3 is 0 Å². The van der Waals surface area contributed by atoms with E-state index in [1.54, 1.807) is 0 Å². The van der Waals surface area contributed by atoms with E-state index in [0.717, 1.165) is 6.42 Å². The quantitative estimate of drug-likeness (QED) is 0.874. The van der Waals surface area contributed by atoms with Gasteiger partial charge in [0.1, 0.15) is 5.82 Å². The van der Waals surface area contributed by atoms with Crippen LogP contribution >= 0.6 is 0 Å². The molecule has 0 bridgehead atoms. The minimum absolute atomic E-state index is 0.228. The van der Waals surface area contributed by atoms with Crippen LogP contribution in [-0.4, -0.2) is 15.0 Å². The summed E-state index contributed by atoms with van der Waals surface area (Å²) in [7, 11) is 0. The molecule has 7 heteroatoms. The summed E-state index contributed by atoms with van der Waals surface area (Å²) < 4.78 is 0. The molecular weight excluding hydrogens is 314 g/mol. The van der Waals surface area contributed by atoms with Crippen molar-refractivity contribution in [3.8, 4) is 0 Å². The highest BCUT2D eigenvalue weighted by Crippen LogP contribution is 2.38. The molecule has 1 aliphatic rings. The Morgan fingerprint density at radius 1 is 1.18 bits per heavy atom. The maximum absolute atomic E-state index is 5.68. The summed E-state index contributed by atoms with van der Waals surface area (Å²) in [5, 5.41) is 3.41. The molecule has 0 spiro atoms. The van der Waals surface area contributed by atoms with Gasteiger partial charge in [0, 0.05) is 22.4 Å². The molecule has 0 aliphatic heterocycles. The monoisotopic (exact) mass is 333 g/mol. The second-order valence-corrected chi connectivity index (χ2v) is 5.57.